The van der Waals surface area contributed by atoms with Gasteiger partial charge in [-0.25, -0.2) is 9.97 Å². The predicted molar refractivity (Wildman–Crippen MR) is 133 cm³/mol. The quantitative estimate of drug-likeness (QED) is 0.501. The Kier molecular flexibility index (Phi) is 7.78. The van der Waals surface area contributed by atoms with Crippen molar-refractivity contribution in [1.82, 2.24) is 20.2 Å². The minimum Gasteiger partial charge on any atom is -0.354 e. The Hall–Kier alpha value is -2.42. The lowest BCUT2D eigenvalue weighted by Gasteiger charge is -2.34. The van der Waals surface area contributed by atoms with Gasteiger partial charge in [-0.1, -0.05) is 13.0 Å². The van der Waals surface area contributed by atoms with E-state index in [0.29, 0.717) is 12.1 Å². The molecule has 1 N–H and O–H groups in total. The fourth-order valence-electron chi connectivity index (χ4n) is 3.62. The summed E-state index contributed by atoms with van der Waals surface area (Å²) in [6.07, 6.45) is 1.86. The molecular formula is C24H29N5OS2. The number of nitrogens with zero attached hydrogens (tertiary/aromatic N) is 4. The molecule has 1 aromatic carbocycles. The number of aryl methyl sites for hydroxylation is 1. The van der Waals surface area contributed by atoms with Gasteiger partial charge in [0.1, 0.15) is 5.82 Å². The molecule has 3 heterocycles. The number of benzene rings is 1. The number of piperazine rings is 1. The number of anilines is 1. The number of aromatic nitrogens is 2. The van der Waals surface area contributed by atoms with Crippen molar-refractivity contribution in [1.29, 1.82) is 0 Å². The van der Waals surface area contributed by atoms with Gasteiger partial charge in [0.25, 0.3) is 5.91 Å². The standard InChI is InChI=1S/C24H29N5OS2/c1-3-28-10-12-29(13-11-28)23-9-4-19(14-25-23)15-26-24(30)20-5-7-22(8-6-20)32-17-21-16-31-18(2)27-21/h4-9,14,16H,3,10-13,15,17H2,1-2H3,(H,26,30). The summed E-state index contributed by atoms with van der Waals surface area (Å²) in [4.78, 5) is 27.5. The number of hydrogen-bond acceptors (Lipinski definition) is 7. The molecule has 1 saturated heterocycles. The zero-order valence-electron chi connectivity index (χ0n) is 18.6. The Morgan fingerprint density at radius 1 is 1.12 bits per heavy atom. The van der Waals surface area contributed by atoms with E-state index in [4.69, 9.17) is 0 Å². The van der Waals surface area contributed by atoms with Crippen LogP contribution < -0.4 is 10.2 Å². The van der Waals surface area contributed by atoms with Gasteiger partial charge in [-0.15, -0.1) is 23.1 Å². The Balaban J connectivity index is 1.24. The highest BCUT2D eigenvalue weighted by Crippen LogP contribution is 2.24. The second-order valence-electron chi connectivity index (χ2n) is 7.80. The molecule has 1 aliphatic heterocycles. The molecule has 1 fully saturated rings. The summed E-state index contributed by atoms with van der Waals surface area (Å²) in [5.41, 5.74) is 2.76. The van der Waals surface area contributed by atoms with Crippen LogP contribution in [0.5, 0.6) is 0 Å². The summed E-state index contributed by atoms with van der Waals surface area (Å²) < 4.78 is 0. The van der Waals surface area contributed by atoms with Gasteiger partial charge in [0, 0.05) is 60.5 Å². The summed E-state index contributed by atoms with van der Waals surface area (Å²) >= 11 is 3.40. The number of carbonyl (C=O) groups is 1. The highest BCUT2D eigenvalue weighted by atomic mass is 32.2. The summed E-state index contributed by atoms with van der Waals surface area (Å²) in [5, 5.41) is 6.18. The van der Waals surface area contributed by atoms with E-state index >= 15 is 0 Å². The summed E-state index contributed by atoms with van der Waals surface area (Å²) in [6, 6.07) is 11.8. The smallest absolute Gasteiger partial charge is 0.251 e. The number of amides is 1. The maximum Gasteiger partial charge on any atom is 0.251 e. The number of pyridine rings is 1. The van der Waals surface area contributed by atoms with Gasteiger partial charge < -0.3 is 15.1 Å². The number of thiazole rings is 1. The van der Waals surface area contributed by atoms with Crippen molar-refractivity contribution in [3.63, 3.8) is 0 Å². The minimum atomic E-state index is -0.0727. The third-order valence-corrected chi connectivity index (χ3v) is 7.44. The van der Waals surface area contributed by atoms with Gasteiger partial charge >= 0.3 is 0 Å². The van der Waals surface area contributed by atoms with Crippen molar-refractivity contribution in [2.75, 3.05) is 37.6 Å². The maximum atomic E-state index is 12.5. The van der Waals surface area contributed by atoms with Gasteiger partial charge in [0.05, 0.1) is 10.7 Å². The number of rotatable bonds is 8. The summed E-state index contributed by atoms with van der Waals surface area (Å²) in [6.45, 7) is 9.97. The van der Waals surface area contributed by atoms with Gasteiger partial charge in [0.15, 0.2) is 0 Å². The van der Waals surface area contributed by atoms with E-state index in [0.717, 1.165) is 65.5 Å². The van der Waals surface area contributed by atoms with Crippen LogP contribution >= 0.6 is 23.1 Å². The molecule has 1 amide bonds. The van der Waals surface area contributed by atoms with Crippen molar-refractivity contribution in [3.05, 3.63) is 69.8 Å². The number of nitrogens with one attached hydrogen (secondary N) is 1. The number of hydrogen-bond donors (Lipinski definition) is 1. The van der Waals surface area contributed by atoms with E-state index in [9.17, 15) is 4.79 Å². The summed E-state index contributed by atoms with van der Waals surface area (Å²) in [5.74, 6) is 1.78. The lowest BCUT2D eigenvalue weighted by atomic mass is 10.2. The van der Waals surface area contributed by atoms with Crippen molar-refractivity contribution in [3.8, 4) is 0 Å². The Labute approximate surface area is 198 Å². The zero-order valence-corrected chi connectivity index (χ0v) is 20.2. The van der Waals surface area contributed by atoms with E-state index in [-0.39, 0.29) is 5.91 Å². The number of carbonyl (C=O) groups excluding carboxylic acids is 1. The van der Waals surface area contributed by atoms with Crippen LogP contribution in [-0.2, 0) is 12.3 Å². The number of thioether (sulfide) groups is 1. The molecule has 0 radical (unpaired) electrons. The molecule has 168 valence electrons. The monoisotopic (exact) mass is 467 g/mol. The van der Waals surface area contributed by atoms with Gasteiger partial charge in [-0.2, -0.15) is 0 Å². The van der Waals surface area contributed by atoms with Gasteiger partial charge in [0.2, 0.25) is 0 Å². The average molecular weight is 468 g/mol. The zero-order chi connectivity index (χ0) is 22.3. The van der Waals surface area contributed by atoms with Crippen LogP contribution in [0, 0.1) is 6.92 Å². The molecule has 0 bridgehead atoms. The van der Waals surface area contributed by atoms with Crippen LogP contribution in [0.25, 0.3) is 0 Å². The summed E-state index contributed by atoms with van der Waals surface area (Å²) in [7, 11) is 0. The van der Waals surface area contributed by atoms with Crippen LogP contribution in [0.1, 0.15) is 33.5 Å². The molecule has 0 aliphatic carbocycles. The normalized spacial score (nSPS) is 14.5. The van der Waals surface area contributed by atoms with Gasteiger partial charge in [-0.05, 0) is 49.4 Å². The van der Waals surface area contributed by atoms with Gasteiger partial charge in [-0.3, -0.25) is 4.79 Å². The fourth-order valence-corrected chi connectivity index (χ4v) is 5.13. The Bertz CT molecular complexity index is 1010. The molecule has 0 unspecified atom stereocenters. The van der Waals surface area contributed by atoms with E-state index in [1.807, 2.05) is 37.4 Å². The molecule has 2 aromatic heterocycles. The lowest BCUT2D eigenvalue weighted by Crippen LogP contribution is -2.46. The predicted octanol–water partition coefficient (Wildman–Crippen LogP) is 4.21. The first kappa shape index (κ1) is 22.8. The van der Waals surface area contributed by atoms with Crippen LogP contribution in [0.4, 0.5) is 5.82 Å². The van der Waals surface area contributed by atoms with Crippen LogP contribution in [0.2, 0.25) is 0 Å². The molecule has 6 nitrogen and oxygen atoms in total. The van der Waals surface area contributed by atoms with Crippen LogP contribution in [0.15, 0.2) is 52.9 Å². The van der Waals surface area contributed by atoms with E-state index < -0.39 is 0 Å². The molecule has 32 heavy (non-hydrogen) atoms. The van der Waals surface area contributed by atoms with E-state index in [1.165, 1.54) is 0 Å². The highest BCUT2D eigenvalue weighted by Gasteiger charge is 2.16. The molecule has 0 saturated carbocycles. The minimum absolute atomic E-state index is 0.0727. The second-order valence-corrected chi connectivity index (χ2v) is 9.91. The van der Waals surface area contributed by atoms with Crippen molar-refractivity contribution >= 4 is 34.8 Å². The first-order chi connectivity index (χ1) is 15.6. The average Bonchev–Trinajstić information content (AvgIpc) is 3.27. The Morgan fingerprint density at radius 3 is 2.53 bits per heavy atom. The molecular weight excluding hydrogens is 438 g/mol. The van der Waals surface area contributed by atoms with Crippen molar-refractivity contribution in [2.45, 2.75) is 31.0 Å². The van der Waals surface area contributed by atoms with Crippen molar-refractivity contribution < 1.29 is 4.79 Å². The molecule has 0 atom stereocenters. The fraction of sp³-hybridized carbons (Fsp3) is 0.375. The SMILES string of the molecule is CCN1CCN(c2ccc(CNC(=O)c3ccc(SCc4csc(C)n4)cc3)cn2)CC1. The Morgan fingerprint density at radius 2 is 1.91 bits per heavy atom. The topological polar surface area (TPSA) is 61.4 Å². The van der Waals surface area contributed by atoms with E-state index in [1.54, 1.807) is 23.1 Å². The highest BCUT2D eigenvalue weighted by molar-refractivity contribution is 7.98. The maximum absolute atomic E-state index is 12.5. The van der Waals surface area contributed by atoms with E-state index in [2.05, 4.69) is 49.5 Å². The largest absolute Gasteiger partial charge is 0.354 e. The third kappa shape index (κ3) is 6.09. The molecule has 8 heteroatoms. The molecule has 1 aliphatic rings. The molecule has 4 rings (SSSR count). The van der Waals surface area contributed by atoms with Crippen molar-refractivity contribution in [2.24, 2.45) is 0 Å². The first-order valence-corrected chi connectivity index (χ1v) is 12.8. The third-order valence-electron chi connectivity index (χ3n) is 5.58. The molecule has 0 spiro atoms. The second kappa shape index (κ2) is 10.9. The first-order valence-electron chi connectivity index (χ1n) is 10.9. The molecule has 3 aromatic rings. The number of likely N-dealkylation sites (N-methyl/N-ethyl adjacent to an activating group) is 1. The van der Waals surface area contributed by atoms with Crippen LogP contribution in [-0.4, -0.2) is 53.5 Å². The lowest BCUT2D eigenvalue weighted by molar-refractivity contribution is 0.0951. The van der Waals surface area contributed by atoms with Crippen LogP contribution in [0.3, 0.4) is 0 Å².